The van der Waals surface area contributed by atoms with Gasteiger partial charge in [-0.05, 0) is 48.9 Å². The zero-order chi connectivity index (χ0) is 21.2. The quantitative estimate of drug-likeness (QED) is 0.517. The molecule has 0 saturated carbocycles. The summed E-state index contributed by atoms with van der Waals surface area (Å²) in [5.41, 5.74) is -0.247. The molecule has 10 heteroatoms. The Morgan fingerprint density at radius 1 is 1.03 bits per heavy atom. The van der Waals surface area contributed by atoms with Gasteiger partial charge < -0.3 is 20.0 Å². The van der Waals surface area contributed by atoms with Crippen LogP contribution in [-0.2, 0) is 14.6 Å². The van der Waals surface area contributed by atoms with Crippen molar-refractivity contribution in [2.75, 3.05) is 18.2 Å². The van der Waals surface area contributed by atoms with Crippen molar-refractivity contribution in [2.45, 2.75) is 18.2 Å². The normalized spacial score (nSPS) is 11.4. The second kappa shape index (κ2) is 7.92. The van der Waals surface area contributed by atoms with E-state index in [-0.39, 0.29) is 16.8 Å². The number of aromatic amines is 2. The highest BCUT2D eigenvalue weighted by Crippen LogP contribution is 2.22. The van der Waals surface area contributed by atoms with Crippen molar-refractivity contribution < 1.29 is 17.9 Å². The number of H-pyrrole nitrogens is 2. The van der Waals surface area contributed by atoms with Gasteiger partial charge in [-0.15, -0.1) is 0 Å². The van der Waals surface area contributed by atoms with E-state index in [0.29, 0.717) is 22.5 Å². The largest absolute Gasteiger partial charge is 0.497 e. The second-order valence-electron chi connectivity index (χ2n) is 6.42. The molecular formula is C19H19N3O6S. The fourth-order valence-corrected chi connectivity index (χ4v) is 4.34. The van der Waals surface area contributed by atoms with Gasteiger partial charge in [0.05, 0.1) is 28.8 Å². The van der Waals surface area contributed by atoms with E-state index < -0.39 is 32.6 Å². The number of hydrogen-bond donors (Lipinski definition) is 3. The first kappa shape index (κ1) is 20.3. The number of nitrogens with one attached hydrogen (secondary N) is 3. The number of ether oxygens (including phenoxy) is 1. The van der Waals surface area contributed by atoms with Crippen LogP contribution in [0.15, 0.2) is 50.9 Å². The van der Waals surface area contributed by atoms with Crippen molar-refractivity contribution in [3.05, 3.63) is 62.7 Å². The molecule has 3 N–H and O–H groups in total. The minimum absolute atomic E-state index is 0.00931. The standard InChI is InChI=1S/C19H19N3O6S/c1-11-9-14-15(22-19(25)18(24)21-14)10-16(11)29(26,27)8-7-17(23)20-12-3-5-13(28-2)6-4-12/h3-6,9-10H,7-8H2,1-2H3,(H,20,23)(H,21,24)(H,22,25). The Bertz CT molecular complexity index is 1290. The molecule has 0 spiro atoms. The van der Waals surface area contributed by atoms with Gasteiger partial charge in [0, 0.05) is 12.1 Å². The van der Waals surface area contributed by atoms with Crippen molar-refractivity contribution in [2.24, 2.45) is 0 Å². The van der Waals surface area contributed by atoms with E-state index in [4.69, 9.17) is 4.74 Å². The number of aryl methyl sites for hydroxylation is 1. The van der Waals surface area contributed by atoms with Crippen molar-refractivity contribution in [1.29, 1.82) is 0 Å². The van der Waals surface area contributed by atoms with Crippen molar-refractivity contribution >= 4 is 32.5 Å². The number of anilines is 1. The predicted molar refractivity (Wildman–Crippen MR) is 108 cm³/mol. The van der Waals surface area contributed by atoms with Crippen molar-refractivity contribution in [1.82, 2.24) is 9.97 Å². The highest BCUT2D eigenvalue weighted by Gasteiger charge is 2.20. The fourth-order valence-electron chi connectivity index (χ4n) is 2.82. The highest BCUT2D eigenvalue weighted by molar-refractivity contribution is 7.91. The van der Waals surface area contributed by atoms with Crippen LogP contribution in [0.5, 0.6) is 5.75 Å². The Morgan fingerprint density at radius 3 is 2.21 bits per heavy atom. The number of amides is 1. The number of benzene rings is 2. The van der Waals surface area contributed by atoms with Gasteiger partial charge >= 0.3 is 11.1 Å². The first-order valence-corrected chi connectivity index (χ1v) is 10.3. The monoisotopic (exact) mass is 417 g/mol. The third-order valence-electron chi connectivity index (χ3n) is 4.32. The average molecular weight is 417 g/mol. The lowest BCUT2D eigenvalue weighted by Crippen LogP contribution is -2.29. The molecule has 1 aromatic heterocycles. The zero-order valence-electron chi connectivity index (χ0n) is 15.7. The topological polar surface area (TPSA) is 138 Å². The van der Waals surface area contributed by atoms with Crippen LogP contribution in [0.2, 0.25) is 0 Å². The lowest BCUT2D eigenvalue weighted by molar-refractivity contribution is -0.115. The summed E-state index contributed by atoms with van der Waals surface area (Å²) in [6.45, 7) is 1.58. The minimum Gasteiger partial charge on any atom is -0.497 e. The summed E-state index contributed by atoms with van der Waals surface area (Å²) in [5.74, 6) is -0.221. The van der Waals surface area contributed by atoms with E-state index in [1.807, 2.05) is 0 Å². The summed E-state index contributed by atoms with van der Waals surface area (Å²) in [6.07, 6.45) is -0.242. The van der Waals surface area contributed by atoms with Gasteiger partial charge in [-0.25, -0.2) is 8.42 Å². The molecule has 0 saturated heterocycles. The number of carbonyl (C=O) groups excluding carboxylic acids is 1. The Hall–Kier alpha value is -3.40. The molecule has 1 amide bonds. The Morgan fingerprint density at radius 2 is 1.62 bits per heavy atom. The number of carbonyl (C=O) groups is 1. The molecule has 9 nitrogen and oxygen atoms in total. The Kier molecular flexibility index (Phi) is 5.55. The summed E-state index contributed by atoms with van der Waals surface area (Å²) in [7, 11) is -2.27. The van der Waals surface area contributed by atoms with Crippen LogP contribution in [0, 0.1) is 6.92 Å². The fraction of sp³-hybridized carbons (Fsp3) is 0.211. The van der Waals surface area contributed by atoms with Crippen LogP contribution in [0.3, 0.4) is 0 Å². The van der Waals surface area contributed by atoms with Crippen molar-refractivity contribution in [3.8, 4) is 5.75 Å². The maximum atomic E-state index is 12.7. The van der Waals surface area contributed by atoms with E-state index in [9.17, 15) is 22.8 Å². The summed E-state index contributed by atoms with van der Waals surface area (Å²) >= 11 is 0. The highest BCUT2D eigenvalue weighted by atomic mass is 32.2. The molecule has 152 valence electrons. The second-order valence-corrected chi connectivity index (χ2v) is 8.49. The molecule has 2 aromatic carbocycles. The molecule has 0 aliphatic rings. The van der Waals surface area contributed by atoms with Crippen LogP contribution in [0.1, 0.15) is 12.0 Å². The molecule has 0 aliphatic heterocycles. The molecule has 0 atom stereocenters. The van der Waals surface area contributed by atoms with Crippen molar-refractivity contribution in [3.63, 3.8) is 0 Å². The first-order chi connectivity index (χ1) is 13.7. The minimum atomic E-state index is -3.80. The van der Waals surface area contributed by atoms with Crippen LogP contribution in [-0.4, -0.2) is 37.2 Å². The van der Waals surface area contributed by atoms with Crippen LogP contribution in [0.25, 0.3) is 11.0 Å². The SMILES string of the molecule is COc1ccc(NC(=O)CCS(=O)(=O)c2cc3[nH]c(=O)c(=O)[nH]c3cc2C)cc1. The third kappa shape index (κ3) is 4.54. The average Bonchev–Trinajstić information content (AvgIpc) is 2.68. The molecule has 3 aromatic rings. The summed E-state index contributed by atoms with van der Waals surface area (Å²) in [6, 6.07) is 9.41. The molecule has 3 rings (SSSR count). The summed E-state index contributed by atoms with van der Waals surface area (Å²) in [5, 5.41) is 2.63. The van der Waals surface area contributed by atoms with E-state index in [1.165, 1.54) is 19.2 Å². The predicted octanol–water partition coefficient (Wildman–Crippen LogP) is 1.34. The van der Waals surface area contributed by atoms with E-state index in [1.54, 1.807) is 31.2 Å². The molecule has 29 heavy (non-hydrogen) atoms. The molecular weight excluding hydrogens is 398 g/mol. The maximum absolute atomic E-state index is 12.7. The van der Waals surface area contributed by atoms with Gasteiger partial charge in [0.15, 0.2) is 9.84 Å². The number of rotatable bonds is 6. The van der Waals surface area contributed by atoms with Gasteiger partial charge in [0.25, 0.3) is 0 Å². The first-order valence-electron chi connectivity index (χ1n) is 8.63. The van der Waals surface area contributed by atoms with Crippen LogP contribution >= 0.6 is 0 Å². The summed E-state index contributed by atoms with van der Waals surface area (Å²) in [4.78, 5) is 39.8. The number of sulfone groups is 1. The van der Waals surface area contributed by atoms with Crippen LogP contribution in [0.4, 0.5) is 5.69 Å². The number of fused-ring (bicyclic) bond motifs is 1. The lowest BCUT2D eigenvalue weighted by atomic mass is 10.2. The summed E-state index contributed by atoms with van der Waals surface area (Å²) < 4.78 is 30.5. The maximum Gasteiger partial charge on any atom is 0.314 e. The molecule has 1 heterocycles. The Balaban J connectivity index is 1.77. The van der Waals surface area contributed by atoms with Gasteiger partial charge in [-0.1, -0.05) is 0 Å². The third-order valence-corrected chi connectivity index (χ3v) is 6.18. The molecule has 0 bridgehead atoms. The van der Waals surface area contributed by atoms with Gasteiger partial charge in [-0.3, -0.25) is 14.4 Å². The smallest absolute Gasteiger partial charge is 0.314 e. The zero-order valence-corrected chi connectivity index (χ0v) is 16.6. The molecule has 0 fully saturated rings. The van der Waals surface area contributed by atoms with E-state index >= 15 is 0 Å². The molecule has 0 unspecified atom stereocenters. The number of methoxy groups -OCH3 is 1. The molecule has 0 aliphatic carbocycles. The number of aromatic nitrogens is 2. The van der Waals surface area contributed by atoms with Gasteiger partial charge in [0.1, 0.15) is 5.75 Å². The number of hydrogen-bond acceptors (Lipinski definition) is 6. The Labute approximate surface area is 165 Å². The van der Waals surface area contributed by atoms with Gasteiger partial charge in [-0.2, -0.15) is 0 Å². The lowest BCUT2D eigenvalue weighted by Gasteiger charge is -2.10. The molecule has 0 radical (unpaired) electrons. The van der Waals surface area contributed by atoms with E-state index in [0.717, 1.165) is 0 Å². The van der Waals surface area contributed by atoms with Gasteiger partial charge in [0.2, 0.25) is 5.91 Å². The van der Waals surface area contributed by atoms with Crippen LogP contribution < -0.4 is 21.2 Å². The van der Waals surface area contributed by atoms with E-state index in [2.05, 4.69) is 15.3 Å².